The first-order valence-electron chi connectivity index (χ1n) is 5.29. The van der Waals surface area contributed by atoms with Gasteiger partial charge in [-0.2, -0.15) is 0 Å². The molecule has 2 aromatic heterocycles. The van der Waals surface area contributed by atoms with Crippen molar-refractivity contribution in [1.29, 1.82) is 0 Å². The molecule has 0 amide bonds. The van der Waals surface area contributed by atoms with Gasteiger partial charge in [-0.1, -0.05) is 0 Å². The molecule has 2 atom stereocenters. The zero-order chi connectivity index (χ0) is 11.0. The van der Waals surface area contributed by atoms with Crippen molar-refractivity contribution in [3.05, 3.63) is 24.4 Å². The van der Waals surface area contributed by atoms with Gasteiger partial charge >= 0.3 is 0 Å². The minimum absolute atomic E-state index is 0.198. The Labute approximate surface area is 92.7 Å². The average molecular weight is 219 g/mol. The monoisotopic (exact) mass is 219 g/mol. The lowest BCUT2D eigenvalue weighted by molar-refractivity contribution is 0.117. The molecular weight excluding hydrogens is 206 g/mol. The Kier molecular flexibility index (Phi) is 2.30. The van der Waals surface area contributed by atoms with Crippen LogP contribution in [0.1, 0.15) is 18.3 Å². The van der Waals surface area contributed by atoms with Crippen molar-refractivity contribution in [1.82, 2.24) is 24.9 Å². The third-order valence-corrected chi connectivity index (χ3v) is 2.98. The number of aromatic nitrogens is 4. The van der Waals surface area contributed by atoms with Crippen molar-refractivity contribution in [2.45, 2.75) is 18.6 Å². The number of fused-ring (bicyclic) bond motifs is 1. The molecule has 3 rings (SSSR count). The Hall–Kier alpha value is -1.53. The molecule has 0 spiro atoms. The van der Waals surface area contributed by atoms with Crippen LogP contribution in [0.25, 0.3) is 5.65 Å². The summed E-state index contributed by atoms with van der Waals surface area (Å²) < 4.78 is 7.23. The average Bonchev–Trinajstić information content (AvgIpc) is 2.94. The van der Waals surface area contributed by atoms with E-state index < -0.39 is 0 Å². The van der Waals surface area contributed by atoms with E-state index in [9.17, 15) is 0 Å². The predicted molar refractivity (Wildman–Crippen MR) is 56.9 cm³/mol. The van der Waals surface area contributed by atoms with Crippen molar-refractivity contribution in [3.8, 4) is 0 Å². The fourth-order valence-corrected chi connectivity index (χ4v) is 2.08. The van der Waals surface area contributed by atoms with Gasteiger partial charge in [0.2, 0.25) is 0 Å². The van der Waals surface area contributed by atoms with Crippen molar-refractivity contribution in [2.24, 2.45) is 0 Å². The van der Waals surface area contributed by atoms with E-state index >= 15 is 0 Å². The SMILES string of the molecule is COC1CNC(c2nnc3ccncn23)C1. The normalized spacial score (nSPS) is 25.3. The molecule has 1 aliphatic heterocycles. The van der Waals surface area contributed by atoms with Gasteiger partial charge in [-0.15, -0.1) is 10.2 Å². The summed E-state index contributed by atoms with van der Waals surface area (Å²) in [6.45, 7) is 0.857. The molecular formula is C10H13N5O. The van der Waals surface area contributed by atoms with Crippen LogP contribution in [-0.2, 0) is 4.74 Å². The molecule has 1 aliphatic rings. The molecule has 2 aromatic rings. The van der Waals surface area contributed by atoms with Gasteiger partial charge in [-0.3, -0.25) is 4.40 Å². The first kappa shape index (κ1) is 9.68. The van der Waals surface area contributed by atoms with Gasteiger partial charge in [-0.05, 0) is 6.42 Å². The van der Waals surface area contributed by atoms with E-state index in [1.165, 1.54) is 0 Å². The number of methoxy groups -OCH3 is 1. The molecule has 0 bridgehead atoms. The molecule has 0 saturated carbocycles. The molecule has 2 unspecified atom stereocenters. The maximum absolute atomic E-state index is 5.32. The zero-order valence-corrected chi connectivity index (χ0v) is 9.00. The quantitative estimate of drug-likeness (QED) is 0.780. The predicted octanol–water partition coefficient (Wildman–Crippen LogP) is 0.174. The molecule has 16 heavy (non-hydrogen) atoms. The molecule has 3 heterocycles. The third kappa shape index (κ3) is 1.46. The molecule has 0 aliphatic carbocycles. The summed E-state index contributed by atoms with van der Waals surface area (Å²) in [5, 5.41) is 11.7. The highest BCUT2D eigenvalue weighted by atomic mass is 16.5. The van der Waals surface area contributed by atoms with Crippen LogP contribution in [-0.4, -0.2) is 39.3 Å². The Morgan fingerprint density at radius 2 is 2.44 bits per heavy atom. The maximum Gasteiger partial charge on any atom is 0.163 e. The minimum Gasteiger partial charge on any atom is -0.380 e. The number of hydrogen-bond acceptors (Lipinski definition) is 5. The summed E-state index contributed by atoms with van der Waals surface area (Å²) in [4.78, 5) is 4.08. The summed E-state index contributed by atoms with van der Waals surface area (Å²) in [6.07, 6.45) is 4.64. The van der Waals surface area contributed by atoms with Gasteiger partial charge in [0.1, 0.15) is 6.33 Å². The lowest BCUT2D eigenvalue weighted by Crippen LogP contribution is -2.17. The zero-order valence-electron chi connectivity index (χ0n) is 9.00. The summed E-state index contributed by atoms with van der Waals surface area (Å²) in [7, 11) is 1.73. The van der Waals surface area contributed by atoms with Gasteiger partial charge < -0.3 is 10.1 Å². The first-order valence-corrected chi connectivity index (χ1v) is 5.29. The second-order valence-corrected chi connectivity index (χ2v) is 3.92. The van der Waals surface area contributed by atoms with Crippen molar-refractivity contribution in [2.75, 3.05) is 13.7 Å². The van der Waals surface area contributed by atoms with E-state index in [4.69, 9.17) is 4.74 Å². The summed E-state index contributed by atoms with van der Waals surface area (Å²) >= 11 is 0. The Morgan fingerprint density at radius 1 is 1.50 bits per heavy atom. The van der Waals surface area contributed by atoms with Crippen LogP contribution in [0.2, 0.25) is 0 Å². The van der Waals surface area contributed by atoms with Crippen LogP contribution < -0.4 is 5.32 Å². The van der Waals surface area contributed by atoms with Crippen LogP contribution in [0, 0.1) is 0 Å². The smallest absolute Gasteiger partial charge is 0.163 e. The van der Waals surface area contributed by atoms with E-state index in [0.29, 0.717) is 0 Å². The van der Waals surface area contributed by atoms with E-state index in [1.807, 2.05) is 10.5 Å². The Balaban J connectivity index is 1.95. The molecule has 0 radical (unpaired) electrons. The number of ether oxygens (including phenoxy) is 1. The largest absolute Gasteiger partial charge is 0.380 e. The van der Waals surface area contributed by atoms with Crippen LogP contribution in [0.4, 0.5) is 0 Å². The summed E-state index contributed by atoms with van der Waals surface area (Å²) in [5.41, 5.74) is 0.827. The van der Waals surface area contributed by atoms with Crippen molar-refractivity contribution in [3.63, 3.8) is 0 Å². The molecule has 1 N–H and O–H groups in total. The fourth-order valence-electron chi connectivity index (χ4n) is 2.08. The van der Waals surface area contributed by atoms with E-state index in [0.717, 1.165) is 24.4 Å². The van der Waals surface area contributed by atoms with E-state index in [2.05, 4.69) is 20.5 Å². The maximum atomic E-state index is 5.32. The lowest BCUT2D eigenvalue weighted by atomic mass is 10.2. The van der Waals surface area contributed by atoms with Crippen LogP contribution in [0.5, 0.6) is 0 Å². The molecule has 84 valence electrons. The third-order valence-electron chi connectivity index (χ3n) is 2.98. The van der Waals surface area contributed by atoms with Crippen LogP contribution in [0.3, 0.4) is 0 Å². The van der Waals surface area contributed by atoms with E-state index in [-0.39, 0.29) is 12.1 Å². The van der Waals surface area contributed by atoms with Crippen LogP contribution >= 0.6 is 0 Å². The Bertz CT molecular complexity index is 497. The van der Waals surface area contributed by atoms with Gasteiger partial charge in [-0.25, -0.2) is 4.98 Å². The highest BCUT2D eigenvalue weighted by Crippen LogP contribution is 2.23. The minimum atomic E-state index is 0.198. The molecule has 1 saturated heterocycles. The van der Waals surface area contributed by atoms with Gasteiger partial charge in [0.25, 0.3) is 0 Å². The Morgan fingerprint density at radius 3 is 3.25 bits per heavy atom. The van der Waals surface area contributed by atoms with E-state index in [1.54, 1.807) is 19.6 Å². The van der Waals surface area contributed by atoms with Gasteiger partial charge in [0.15, 0.2) is 11.5 Å². The molecule has 1 fully saturated rings. The molecule has 6 nitrogen and oxygen atoms in total. The lowest BCUT2D eigenvalue weighted by Gasteiger charge is -2.07. The topological polar surface area (TPSA) is 64.3 Å². The number of nitrogens with zero attached hydrogens (tertiary/aromatic N) is 4. The fraction of sp³-hybridized carbons (Fsp3) is 0.500. The molecule has 0 aromatic carbocycles. The number of rotatable bonds is 2. The van der Waals surface area contributed by atoms with Crippen molar-refractivity contribution < 1.29 is 4.74 Å². The van der Waals surface area contributed by atoms with Crippen LogP contribution in [0.15, 0.2) is 18.6 Å². The summed E-state index contributed by atoms with van der Waals surface area (Å²) in [6, 6.07) is 2.04. The second-order valence-electron chi connectivity index (χ2n) is 3.92. The summed E-state index contributed by atoms with van der Waals surface area (Å²) in [5.74, 6) is 0.905. The van der Waals surface area contributed by atoms with Gasteiger partial charge in [0.05, 0.1) is 12.1 Å². The highest BCUT2D eigenvalue weighted by Gasteiger charge is 2.28. The highest BCUT2D eigenvalue weighted by molar-refractivity contribution is 5.35. The number of hydrogen-bond donors (Lipinski definition) is 1. The standard InChI is InChI=1S/C10H13N5O/c1-16-7-4-8(12-5-7)10-14-13-9-2-3-11-6-15(9)10/h2-3,6-8,12H,4-5H2,1H3. The van der Waals surface area contributed by atoms with Crippen molar-refractivity contribution >= 4 is 5.65 Å². The first-order chi connectivity index (χ1) is 7.88. The van der Waals surface area contributed by atoms with Gasteiger partial charge in [0, 0.05) is 25.9 Å². The number of nitrogens with one attached hydrogen (secondary N) is 1. The molecule has 6 heteroatoms. The second kappa shape index (κ2) is 3.80.